The van der Waals surface area contributed by atoms with Crippen molar-refractivity contribution < 1.29 is 22.1 Å². The third-order valence-corrected chi connectivity index (χ3v) is 6.74. The number of alkyl halides is 2. The van der Waals surface area contributed by atoms with Crippen molar-refractivity contribution >= 4 is 55.2 Å². The Labute approximate surface area is 166 Å². The van der Waals surface area contributed by atoms with Gasteiger partial charge in [-0.25, -0.2) is 0 Å². The van der Waals surface area contributed by atoms with E-state index in [1.54, 1.807) is 19.1 Å². The third kappa shape index (κ3) is 4.50. The van der Waals surface area contributed by atoms with Crippen molar-refractivity contribution in [2.45, 2.75) is 36.6 Å². The van der Waals surface area contributed by atoms with E-state index < -0.39 is 44.3 Å². The van der Waals surface area contributed by atoms with Crippen molar-refractivity contribution in [3.05, 3.63) is 28.7 Å². The van der Waals surface area contributed by atoms with E-state index in [2.05, 4.69) is 15.9 Å². The molecule has 0 radical (unpaired) electrons. The molecule has 0 aliphatic heterocycles. The molecule has 1 aromatic carbocycles. The summed E-state index contributed by atoms with van der Waals surface area (Å²) < 4.78 is 36.2. The molecule has 3 atom stereocenters. The Hall–Kier alpha value is -0.340. The Morgan fingerprint density at radius 2 is 1.84 bits per heavy atom. The predicted molar refractivity (Wildman–Crippen MR) is 99.1 cm³/mol. The Bertz CT molecular complexity index is 733. The highest BCUT2D eigenvalue weighted by molar-refractivity contribution is 9.10. The summed E-state index contributed by atoms with van der Waals surface area (Å²) in [5.74, 6) is -1.38. The van der Waals surface area contributed by atoms with E-state index in [9.17, 15) is 13.2 Å². The molecular formula is C16H19BrCl2O5S. The predicted octanol–water partition coefficient (Wildman–Crippen LogP) is 4.16. The number of carbonyl (C=O) groups excluding carboxylic acids is 1. The fourth-order valence-electron chi connectivity index (χ4n) is 3.03. The highest BCUT2D eigenvalue weighted by atomic mass is 79.9. The highest BCUT2D eigenvalue weighted by Gasteiger charge is 2.67. The van der Waals surface area contributed by atoms with Crippen molar-refractivity contribution in [2.24, 2.45) is 17.3 Å². The van der Waals surface area contributed by atoms with E-state index in [0.29, 0.717) is 0 Å². The molecule has 0 amide bonds. The Morgan fingerprint density at radius 3 is 2.32 bits per heavy atom. The van der Waals surface area contributed by atoms with Gasteiger partial charge in [0, 0.05) is 10.4 Å². The summed E-state index contributed by atoms with van der Waals surface area (Å²) in [6, 6.07) is 6.00. The maximum absolute atomic E-state index is 12.5. The molecule has 0 bridgehead atoms. The number of carbonyl (C=O) groups is 1. The summed E-state index contributed by atoms with van der Waals surface area (Å²) in [6.07, 6.45) is -1.05. The topological polar surface area (TPSA) is 69.7 Å². The van der Waals surface area contributed by atoms with E-state index in [1.165, 1.54) is 12.1 Å². The van der Waals surface area contributed by atoms with Crippen LogP contribution in [0.4, 0.5) is 0 Å². The molecule has 25 heavy (non-hydrogen) atoms. The zero-order chi connectivity index (χ0) is 19.0. The fourth-order valence-corrected chi connectivity index (χ4v) is 4.94. The normalized spacial score (nSPS) is 23.3. The van der Waals surface area contributed by atoms with Crippen molar-refractivity contribution in [3.8, 4) is 0 Å². The molecule has 3 unspecified atom stereocenters. The third-order valence-electron chi connectivity index (χ3n) is 4.39. The summed E-state index contributed by atoms with van der Waals surface area (Å²) in [4.78, 5) is 11.0. The summed E-state index contributed by atoms with van der Waals surface area (Å²) in [7, 11) is -4.08. The summed E-state index contributed by atoms with van der Waals surface area (Å²) in [6.45, 7) is 5.61. The number of hydrogen-bond donors (Lipinski definition) is 0. The van der Waals surface area contributed by atoms with Gasteiger partial charge in [-0.1, -0.05) is 29.8 Å². The maximum Gasteiger partial charge on any atom is 0.309 e. The number of esters is 1. The van der Waals surface area contributed by atoms with Crippen LogP contribution in [0, 0.1) is 17.3 Å². The van der Waals surface area contributed by atoms with Crippen molar-refractivity contribution in [1.29, 1.82) is 0 Å². The van der Waals surface area contributed by atoms with Crippen LogP contribution in [0.1, 0.15) is 20.8 Å². The molecule has 0 heterocycles. The minimum absolute atomic E-state index is 0.0131. The first-order valence-electron chi connectivity index (χ1n) is 7.66. The van der Waals surface area contributed by atoms with Crippen LogP contribution < -0.4 is 0 Å². The van der Waals surface area contributed by atoms with Crippen LogP contribution in [-0.2, 0) is 23.8 Å². The lowest BCUT2D eigenvalue weighted by atomic mass is 10.1. The average Bonchev–Trinajstić information content (AvgIpc) is 3.07. The molecule has 2 rings (SSSR count). The number of hydrogen-bond acceptors (Lipinski definition) is 5. The first-order chi connectivity index (χ1) is 11.5. The van der Waals surface area contributed by atoms with Crippen molar-refractivity contribution in [3.63, 3.8) is 0 Å². The smallest absolute Gasteiger partial charge is 0.309 e. The van der Waals surface area contributed by atoms with E-state index >= 15 is 0 Å². The number of benzene rings is 1. The zero-order valence-electron chi connectivity index (χ0n) is 13.9. The lowest BCUT2D eigenvalue weighted by Gasteiger charge is -2.20. The Kier molecular flexibility index (Phi) is 6.48. The minimum atomic E-state index is -4.08. The molecule has 1 saturated carbocycles. The largest absolute Gasteiger partial charge is 0.466 e. The second-order valence-electron chi connectivity index (χ2n) is 6.38. The van der Waals surface area contributed by atoms with E-state index in [4.69, 9.17) is 32.1 Å². The fraction of sp³-hybridized carbons (Fsp3) is 0.562. The van der Waals surface area contributed by atoms with E-state index in [1.807, 2.05) is 13.8 Å². The van der Waals surface area contributed by atoms with Crippen LogP contribution in [0.3, 0.4) is 0 Å². The van der Waals surface area contributed by atoms with Gasteiger partial charge in [-0.3, -0.25) is 8.98 Å². The minimum Gasteiger partial charge on any atom is -0.466 e. The van der Waals surface area contributed by atoms with Crippen LogP contribution >= 0.6 is 39.1 Å². The molecule has 9 heteroatoms. The van der Waals surface area contributed by atoms with Crippen LogP contribution in [0.15, 0.2) is 33.6 Å². The lowest BCUT2D eigenvalue weighted by molar-refractivity contribution is -0.146. The molecular weight excluding hydrogens is 455 g/mol. The summed E-state index contributed by atoms with van der Waals surface area (Å²) in [5, 5.41) is 0. The van der Waals surface area contributed by atoms with Gasteiger partial charge >= 0.3 is 5.97 Å². The van der Waals surface area contributed by atoms with Crippen LogP contribution in [0.2, 0.25) is 0 Å². The molecule has 0 spiro atoms. The average molecular weight is 474 g/mol. The molecule has 1 aliphatic carbocycles. The van der Waals surface area contributed by atoms with Gasteiger partial charge in [0.2, 0.25) is 0 Å². The number of ether oxygens (including phenoxy) is 1. The molecule has 5 nitrogen and oxygen atoms in total. The zero-order valence-corrected chi connectivity index (χ0v) is 17.8. The van der Waals surface area contributed by atoms with Crippen LogP contribution in [0.25, 0.3) is 0 Å². The monoisotopic (exact) mass is 472 g/mol. The number of halogens is 3. The van der Waals surface area contributed by atoms with Gasteiger partial charge in [-0.15, -0.1) is 23.2 Å². The van der Waals surface area contributed by atoms with Gasteiger partial charge in [-0.2, -0.15) is 8.42 Å². The second-order valence-corrected chi connectivity index (χ2v) is 10.0. The molecule has 140 valence electrons. The maximum atomic E-state index is 12.5. The van der Waals surface area contributed by atoms with Gasteiger partial charge < -0.3 is 4.74 Å². The van der Waals surface area contributed by atoms with Crippen LogP contribution in [0.5, 0.6) is 0 Å². The van der Waals surface area contributed by atoms with E-state index in [-0.39, 0.29) is 11.5 Å². The lowest BCUT2D eigenvalue weighted by Crippen LogP contribution is -2.29. The quantitative estimate of drug-likeness (QED) is 0.337. The van der Waals surface area contributed by atoms with E-state index in [0.717, 1.165) is 4.47 Å². The first-order valence-corrected chi connectivity index (χ1v) is 10.7. The van der Waals surface area contributed by atoms with Crippen molar-refractivity contribution in [2.75, 3.05) is 6.61 Å². The Balaban J connectivity index is 2.25. The standard InChI is InChI=1S/C16H19BrCl2O5S/c1-4-23-15(20)12-11(16(12,2)3)13(14(18)19)24-25(21,22)10-7-5-9(17)6-8-10/h5-8,11-14H,4H2,1-3H3. The molecule has 1 fully saturated rings. The van der Waals surface area contributed by atoms with Gasteiger partial charge in [0.15, 0.2) is 0 Å². The highest BCUT2D eigenvalue weighted by Crippen LogP contribution is 2.62. The van der Waals surface area contributed by atoms with Gasteiger partial charge in [0.1, 0.15) is 10.9 Å². The van der Waals surface area contributed by atoms with Gasteiger partial charge in [-0.05, 0) is 36.6 Å². The second kappa shape index (κ2) is 7.72. The SMILES string of the molecule is CCOC(=O)C1C(C(OS(=O)(=O)c2ccc(Br)cc2)C(Cl)Cl)C1(C)C. The molecule has 0 aromatic heterocycles. The van der Waals surface area contributed by atoms with Crippen LogP contribution in [-0.4, -0.2) is 31.9 Å². The molecule has 1 aromatic rings. The summed E-state index contributed by atoms with van der Waals surface area (Å²) in [5.41, 5.74) is -0.520. The molecule has 0 N–H and O–H groups in total. The number of rotatable bonds is 7. The van der Waals surface area contributed by atoms with Gasteiger partial charge in [0.25, 0.3) is 10.1 Å². The molecule has 1 aliphatic rings. The Morgan fingerprint density at radius 1 is 1.28 bits per heavy atom. The van der Waals surface area contributed by atoms with Crippen molar-refractivity contribution in [1.82, 2.24) is 0 Å². The molecule has 0 saturated heterocycles. The van der Waals surface area contributed by atoms with Gasteiger partial charge in [0.05, 0.1) is 17.4 Å². The first kappa shape index (κ1) is 21.0. The summed E-state index contributed by atoms with van der Waals surface area (Å²) >= 11 is 15.2.